The summed E-state index contributed by atoms with van der Waals surface area (Å²) in [6.45, 7) is 9.07. The minimum absolute atomic E-state index is 0.301. The number of para-hydroxylation sites is 1. The van der Waals surface area contributed by atoms with E-state index in [1.807, 2.05) is 80.2 Å². The number of aliphatic imine (C=N–C) groups is 1. The average molecular weight is 670 g/mol. The van der Waals surface area contributed by atoms with E-state index in [-0.39, 0.29) is 0 Å². The molecule has 0 spiro atoms. The molecule has 2 aliphatic heterocycles. The zero-order chi connectivity index (χ0) is 34.2. The van der Waals surface area contributed by atoms with Gasteiger partial charge < -0.3 is 19.3 Å². The molecule has 0 atom stereocenters. The lowest BCUT2D eigenvalue weighted by molar-refractivity contribution is -0.0139. The molecule has 0 bridgehead atoms. The summed E-state index contributed by atoms with van der Waals surface area (Å²) < 4.78 is 9.63. The predicted molar refractivity (Wildman–Crippen MR) is 196 cm³/mol. The quantitative estimate of drug-likeness (QED) is 0.206. The first kappa shape index (κ1) is 32.2. The van der Waals surface area contributed by atoms with Crippen LogP contribution in [-0.2, 0) is 18.3 Å². The molecule has 3 aromatic heterocycles. The molecule has 11 nitrogen and oxygen atoms in total. The summed E-state index contributed by atoms with van der Waals surface area (Å²) in [5, 5.41) is 16.6. The molecule has 0 saturated carbocycles. The van der Waals surface area contributed by atoms with Crippen molar-refractivity contribution in [1.29, 1.82) is 0 Å². The van der Waals surface area contributed by atoms with Gasteiger partial charge in [0.15, 0.2) is 22.8 Å². The highest BCUT2D eigenvalue weighted by atomic mass is 16.5. The number of ether oxygens (including phenoxy) is 1. The van der Waals surface area contributed by atoms with Crippen LogP contribution in [0.1, 0.15) is 43.6 Å². The number of rotatable bonds is 8. The Bertz CT molecular complexity index is 2100. The molecule has 0 aliphatic carbocycles. The van der Waals surface area contributed by atoms with Gasteiger partial charge >= 0.3 is 0 Å². The fourth-order valence-corrected chi connectivity index (χ4v) is 7.19. The third kappa shape index (κ3) is 6.28. The highest BCUT2D eigenvalue weighted by Gasteiger charge is 2.31. The van der Waals surface area contributed by atoms with Gasteiger partial charge in [-0.3, -0.25) is 4.90 Å². The normalized spacial score (nSPS) is 16.4. The fourth-order valence-electron chi connectivity index (χ4n) is 7.19. The second-order valence-electron chi connectivity index (χ2n) is 13.9. The summed E-state index contributed by atoms with van der Waals surface area (Å²) in [5.41, 5.74) is 4.62. The number of benzene rings is 3. The van der Waals surface area contributed by atoms with Crippen molar-refractivity contribution in [3.63, 3.8) is 0 Å². The van der Waals surface area contributed by atoms with E-state index in [9.17, 15) is 5.11 Å². The summed E-state index contributed by atoms with van der Waals surface area (Å²) in [4.78, 5) is 25.4. The second-order valence-corrected chi connectivity index (χ2v) is 13.9. The molecular weight excluding hydrogens is 626 g/mol. The maximum atomic E-state index is 10.6. The third-order valence-electron chi connectivity index (χ3n) is 10.1. The maximum Gasteiger partial charge on any atom is 0.255 e. The molecule has 256 valence electrons. The number of aliphatic hydroxyl groups is 1. The van der Waals surface area contributed by atoms with E-state index in [1.54, 1.807) is 0 Å². The van der Waals surface area contributed by atoms with Gasteiger partial charge in [0, 0.05) is 36.7 Å². The van der Waals surface area contributed by atoms with Crippen molar-refractivity contribution in [1.82, 2.24) is 34.2 Å². The molecule has 0 amide bonds. The molecule has 2 aliphatic rings. The van der Waals surface area contributed by atoms with E-state index in [2.05, 4.69) is 44.7 Å². The number of nitrogens with zero attached hydrogens (tertiary/aromatic N) is 9. The Kier molecular flexibility index (Phi) is 8.64. The molecule has 8 rings (SSSR count). The maximum absolute atomic E-state index is 10.6. The number of likely N-dealkylation sites (tertiary alicyclic amines) is 1. The minimum Gasteiger partial charge on any atom is -0.390 e. The van der Waals surface area contributed by atoms with Gasteiger partial charge in [-0.15, -0.1) is 5.10 Å². The zero-order valence-corrected chi connectivity index (χ0v) is 28.9. The number of piperidine rings is 1. The summed E-state index contributed by atoms with van der Waals surface area (Å²) in [5.74, 6) is 3.09. The summed E-state index contributed by atoms with van der Waals surface area (Å²) in [6, 6.07) is 28.6. The van der Waals surface area contributed by atoms with Gasteiger partial charge in [-0.25, -0.2) is 9.98 Å². The minimum atomic E-state index is -0.657. The van der Waals surface area contributed by atoms with E-state index >= 15 is 0 Å². The van der Waals surface area contributed by atoms with Crippen molar-refractivity contribution in [3.8, 4) is 5.95 Å². The van der Waals surface area contributed by atoms with Crippen molar-refractivity contribution in [2.45, 2.75) is 38.8 Å². The first-order chi connectivity index (χ1) is 24.3. The monoisotopic (exact) mass is 669 g/mol. The van der Waals surface area contributed by atoms with E-state index < -0.39 is 5.60 Å². The standard InChI is InChI=1S/C39H43N9O2/c1-39(2,49)29-18-20-46(21-19-29)26-32-40-34-36(45(32)3)42-38(43-37(34)47-22-24-50-25-23-47)48-31-17-11-10-16-30(31)35(44-48)41-33(27-12-6-4-7-13-27)28-14-8-5-9-15-28/h4-17,29,49H,18-26H2,1-3H3. The number of morpholine rings is 1. The molecule has 2 saturated heterocycles. The van der Waals surface area contributed by atoms with Gasteiger partial charge in [0.2, 0.25) is 0 Å². The van der Waals surface area contributed by atoms with Crippen molar-refractivity contribution < 1.29 is 9.84 Å². The lowest BCUT2D eigenvalue weighted by atomic mass is 9.83. The van der Waals surface area contributed by atoms with Gasteiger partial charge in [-0.05, 0) is 57.8 Å². The number of fused-ring (bicyclic) bond motifs is 2. The highest BCUT2D eigenvalue weighted by Crippen LogP contribution is 2.33. The van der Waals surface area contributed by atoms with Crippen LogP contribution in [0, 0.1) is 5.92 Å². The van der Waals surface area contributed by atoms with E-state index in [0.717, 1.165) is 89.6 Å². The van der Waals surface area contributed by atoms with Crippen LogP contribution in [-0.4, -0.2) is 90.0 Å². The lowest BCUT2D eigenvalue weighted by Crippen LogP contribution is -2.41. The van der Waals surface area contributed by atoms with Gasteiger partial charge in [-0.1, -0.05) is 72.8 Å². The smallest absolute Gasteiger partial charge is 0.255 e. The second kappa shape index (κ2) is 13.4. The van der Waals surface area contributed by atoms with Gasteiger partial charge in [0.25, 0.3) is 5.95 Å². The molecule has 50 heavy (non-hydrogen) atoms. The third-order valence-corrected chi connectivity index (χ3v) is 10.1. The molecule has 5 heterocycles. The Labute approximate surface area is 291 Å². The van der Waals surface area contributed by atoms with Crippen LogP contribution in [0.3, 0.4) is 0 Å². The van der Waals surface area contributed by atoms with Crippen LogP contribution in [0.15, 0.2) is 89.9 Å². The Morgan fingerprint density at radius 2 is 1.48 bits per heavy atom. The van der Waals surface area contributed by atoms with Gasteiger partial charge in [0.05, 0.1) is 36.6 Å². The van der Waals surface area contributed by atoms with Crippen molar-refractivity contribution in [3.05, 3.63) is 102 Å². The largest absolute Gasteiger partial charge is 0.390 e. The van der Waals surface area contributed by atoms with Crippen LogP contribution >= 0.6 is 0 Å². The summed E-state index contributed by atoms with van der Waals surface area (Å²) >= 11 is 0. The number of aromatic nitrogens is 6. The number of anilines is 1. The Morgan fingerprint density at radius 3 is 2.14 bits per heavy atom. The molecule has 0 unspecified atom stereocenters. The number of imidazole rings is 1. The van der Waals surface area contributed by atoms with E-state index in [4.69, 9.17) is 29.8 Å². The molecule has 6 aromatic rings. The zero-order valence-electron chi connectivity index (χ0n) is 28.9. The van der Waals surface area contributed by atoms with E-state index in [0.29, 0.717) is 37.4 Å². The van der Waals surface area contributed by atoms with Crippen LogP contribution in [0.2, 0.25) is 0 Å². The lowest BCUT2D eigenvalue weighted by Gasteiger charge is -2.37. The molecule has 2 fully saturated rings. The molecule has 11 heteroatoms. The SMILES string of the molecule is Cn1c(CN2CCC(C(C)(C)O)CC2)nc2c(N3CCOCC3)nc(-n3nc(N=C(c4ccccc4)c4ccccc4)c4ccccc43)nc21. The molecule has 0 radical (unpaired) electrons. The van der Waals surface area contributed by atoms with Crippen LogP contribution in [0.25, 0.3) is 28.0 Å². The first-order valence-electron chi connectivity index (χ1n) is 17.5. The van der Waals surface area contributed by atoms with Crippen molar-refractivity contribution >= 4 is 39.4 Å². The molecule has 1 N–H and O–H groups in total. The van der Waals surface area contributed by atoms with E-state index in [1.165, 1.54) is 0 Å². The Morgan fingerprint density at radius 1 is 0.840 bits per heavy atom. The number of hydrogen-bond acceptors (Lipinski definition) is 9. The van der Waals surface area contributed by atoms with Gasteiger partial charge in [-0.2, -0.15) is 14.6 Å². The van der Waals surface area contributed by atoms with Crippen molar-refractivity contribution in [2.24, 2.45) is 18.0 Å². The topological polar surface area (TPSA) is 110 Å². The average Bonchev–Trinajstić information content (AvgIpc) is 3.67. The number of hydrogen-bond donors (Lipinski definition) is 1. The molecular formula is C39H43N9O2. The summed E-state index contributed by atoms with van der Waals surface area (Å²) in [7, 11) is 2.04. The Balaban J connectivity index is 1.23. The Hall–Kier alpha value is -4.97. The van der Waals surface area contributed by atoms with Crippen LogP contribution in [0.4, 0.5) is 11.6 Å². The highest BCUT2D eigenvalue weighted by molar-refractivity contribution is 6.14. The first-order valence-corrected chi connectivity index (χ1v) is 17.5. The predicted octanol–water partition coefficient (Wildman–Crippen LogP) is 5.69. The summed E-state index contributed by atoms with van der Waals surface area (Å²) in [6.07, 6.45) is 1.92. The van der Waals surface area contributed by atoms with Gasteiger partial charge in [0.1, 0.15) is 5.82 Å². The van der Waals surface area contributed by atoms with Crippen LogP contribution < -0.4 is 4.90 Å². The van der Waals surface area contributed by atoms with Crippen molar-refractivity contribution in [2.75, 3.05) is 44.3 Å². The fraction of sp³-hybridized carbons (Fsp3) is 0.359. The van der Waals surface area contributed by atoms with Crippen LogP contribution in [0.5, 0.6) is 0 Å². The molecule has 3 aromatic carbocycles. The number of aryl methyl sites for hydroxylation is 1.